The largest absolute Gasteiger partial charge is 0.140 e. The maximum atomic E-state index is 3.60. The van der Waals surface area contributed by atoms with E-state index in [4.69, 9.17) is 0 Å². The summed E-state index contributed by atoms with van der Waals surface area (Å²) in [5.74, 6) is 0. The Hall–Kier alpha value is -1.98. The normalized spacial score (nSPS) is 11.2. The van der Waals surface area contributed by atoms with Gasteiger partial charge >= 0.3 is 0 Å². The highest BCUT2D eigenvalue weighted by atomic mass is 79.9. The number of rotatable bonds is 6. The van der Waals surface area contributed by atoms with Gasteiger partial charge in [0.05, 0.1) is 0 Å². The fourth-order valence-corrected chi connectivity index (χ4v) is 6.98. The number of hydrogen-bond acceptors (Lipinski definition) is 2. The number of aryl methyl sites for hydroxylation is 2. The fourth-order valence-electron chi connectivity index (χ4n) is 4.09. The molecule has 0 aliphatic heterocycles. The van der Waals surface area contributed by atoms with Gasteiger partial charge in [-0.3, -0.25) is 0 Å². The number of hydrogen-bond donors (Lipinski definition) is 0. The highest BCUT2D eigenvalue weighted by molar-refractivity contribution is 9.10. The van der Waals surface area contributed by atoms with Crippen molar-refractivity contribution in [3.05, 3.63) is 126 Å². The highest BCUT2D eigenvalue weighted by Crippen LogP contribution is 2.34. The molecule has 2 heterocycles. The first-order valence-corrected chi connectivity index (χ1v) is 14.4. The van der Waals surface area contributed by atoms with E-state index in [1.807, 2.05) is 22.7 Å². The van der Waals surface area contributed by atoms with Gasteiger partial charge in [-0.2, -0.15) is 0 Å². The molecule has 0 atom stereocenters. The maximum absolute atomic E-state index is 3.60. The second-order valence-electron chi connectivity index (χ2n) is 8.60. The molecule has 0 radical (unpaired) electrons. The Bertz CT molecular complexity index is 1330. The van der Waals surface area contributed by atoms with Crippen molar-refractivity contribution in [1.29, 1.82) is 0 Å². The summed E-state index contributed by atoms with van der Waals surface area (Å²) in [7, 11) is 0. The Balaban J connectivity index is 1.30. The predicted molar refractivity (Wildman–Crippen MR) is 156 cm³/mol. The summed E-state index contributed by atoms with van der Waals surface area (Å²) < 4.78 is 2.29. The second kappa shape index (κ2) is 10.3. The van der Waals surface area contributed by atoms with Crippen molar-refractivity contribution in [2.24, 2.45) is 0 Å². The third-order valence-corrected chi connectivity index (χ3v) is 9.38. The molecule has 0 bridgehead atoms. The zero-order chi connectivity index (χ0) is 23.7. The minimum atomic E-state index is 0.976. The van der Waals surface area contributed by atoms with Crippen molar-refractivity contribution >= 4 is 54.5 Å². The van der Waals surface area contributed by atoms with E-state index < -0.39 is 0 Å². The lowest BCUT2D eigenvalue weighted by molar-refractivity contribution is 1.19. The molecule has 0 fully saturated rings. The molecule has 170 valence electrons. The standard InChI is InChI=1S/C30H24Br2S2/c1-19-3-9-25(31)15-23(19)17-27-11-13-29(33-27)21-5-7-22(8-6-21)30-14-12-28(34-30)18-24-16-26(32)10-4-20(24)2/h3-16H,17-18H2,1-2H3. The molecule has 0 nitrogen and oxygen atoms in total. The van der Waals surface area contributed by atoms with Gasteiger partial charge in [0.1, 0.15) is 0 Å². The minimum absolute atomic E-state index is 0.976. The molecule has 4 heteroatoms. The molecule has 0 saturated carbocycles. The third-order valence-electron chi connectivity index (χ3n) is 6.13. The smallest absolute Gasteiger partial charge is 0.0345 e. The number of benzene rings is 3. The van der Waals surface area contributed by atoms with Crippen LogP contribution in [0.15, 0.2) is 93.9 Å². The Morgan fingerprint density at radius 2 is 0.941 bits per heavy atom. The van der Waals surface area contributed by atoms with E-state index in [1.54, 1.807) is 0 Å². The third kappa shape index (κ3) is 5.46. The SMILES string of the molecule is Cc1ccc(Br)cc1Cc1ccc(-c2ccc(-c3ccc(Cc4cc(Br)ccc4C)s3)cc2)s1. The molecule has 0 aliphatic carbocycles. The zero-order valence-electron chi connectivity index (χ0n) is 19.1. The van der Waals surface area contributed by atoms with E-state index in [1.165, 1.54) is 52.9 Å². The average Bonchev–Trinajstić information content (AvgIpc) is 3.49. The topological polar surface area (TPSA) is 0 Å². The molecular formula is C30H24Br2S2. The van der Waals surface area contributed by atoms with E-state index in [9.17, 15) is 0 Å². The van der Waals surface area contributed by atoms with Gasteiger partial charge in [-0.05, 0) is 95.8 Å². The van der Waals surface area contributed by atoms with Crippen molar-refractivity contribution in [2.75, 3.05) is 0 Å². The first-order valence-electron chi connectivity index (χ1n) is 11.2. The molecule has 0 aliphatic rings. The van der Waals surface area contributed by atoms with Crippen molar-refractivity contribution in [1.82, 2.24) is 0 Å². The van der Waals surface area contributed by atoms with E-state index in [2.05, 4.69) is 131 Å². The zero-order valence-corrected chi connectivity index (χ0v) is 23.9. The quantitative estimate of drug-likeness (QED) is 0.180. The van der Waals surface area contributed by atoms with Crippen LogP contribution < -0.4 is 0 Å². The molecule has 5 rings (SSSR count). The Morgan fingerprint density at radius 3 is 1.35 bits per heavy atom. The van der Waals surface area contributed by atoms with Crippen LogP contribution in [0, 0.1) is 13.8 Å². The molecular weight excluding hydrogens is 584 g/mol. The molecule has 0 unspecified atom stereocenters. The van der Waals surface area contributed by atoms with Crippen LogP contribution in [-0.2, 0) is 12.8 Å². The van der Waals surface area contributed by atoms with Crippen LogP contribution in [0.4, 0.5) is 0 Å². The maximum Gasteiger partial charge on any atom is 0.0345 e. The van der Waals surface area contributed by atoms with E-state index in [0.29, 0.717) is 0 Å². The average molecular weight is 608 g/mol. The predicted octanol–water partition coefficient (Wildman–Crippen LogP) is 10.5. The number of halogens is 2. The van der Waals surface area contributed by atoms with E-state index in [0.717, 1.165) is 21.8 Å². The van der Waals surface area contributed by atoms with Crippen LogP contribution in [0.5, 0.6) is 0 Å². The van der Waals surface area contributed by atoms with Gasteiger partial charge in [0.2, 0.25) is 0 Å². The second-order valence-corrected chi connectivity index (χ2v) is 12.8. The van der Waals surface area contributed by atoms with Crippen LogP contribution in [0.3, 0.4) is 0 Å². The van der Waals surface area contributed by atoms with Gasteiger partial charge in [-0.1, -0.05) is 68.3 Å². The fraction of sp³-hybridized carbons (Fsp3) is 0.133. The van der Waals surface area contributed by atoms with Gasteiger partial charge < -0.3 is 0 Å². The molecule has 0 N–H and O–H groups in total. The molecule has 0 spiro atoms. The lowest BCUT2D eigenvalue weighted by atomic mass is 10.1. The Morgan fingerprint density at radius 1 is 0.529 bits per heavy atom. The van der Waals surface area contributed by atoms with Crippen molar-refractivity contribution in [2.45, 2.75) is 26.7 Å². The Kier molecular flexibility index (Phi) is 7.22. The summed E-state index contributed by atoms with van der Waals surface area (Å²) in [5.41, 5.74) is 8.01. The van der Waals surface area contributed by atoms with Crippen LogP contribution in [0.2, 0.25) is 0 Å². The van der Waals surface area contributed by atoms with Crippen LogP contribution in [0.25, 0.3) is 20.9 Å². The van der Waals surface area contributed by atoms with Crippen LogP contribution in [0.1, 0.15) is 32.0 Å². The van der Waals surface area contributed by atoms with Crippen LogP contribution >= 0.6 is 54.5 Å². The first-order chi connectivity index (χ1) is 16.4. The molecule has 3 aromatic carbocycles. The van der Waals surface area contributed by atoms with Gasteiger partial charge in [-0.25, -0.2) is 0 Å². The molecule has 34 heavy (non-hydrogen) atoms. The van der Waals surface area contributed by atoms with Crippen molar-refractivity contribution in [3.63, 3.8) is 0 Å². The first kappa shape index (κ1) is 23.7. The molecule has 5 aromatic rings. The highest BCUT2D eigenvalue weighted by Gasteiger charge is 2.09. The monoisotopic (exact) mass is 606 g/mol. The minimum Gasteiger partial charge on any atom is -0.140 e. The van der Waals surface area contributed by atoms with E-state index in [-0.39, 0.29) is 0 Å². The lowest BCUT2D eigenvalue weighted by Gasteiger charge is -2.05. The summed E-state index contributed by atoms with van der Waals surface area (Å²) in [6.07, 6.45) is 1.95. The van der Waals surface area contributed by atoms with Gasteiger partial charge in [0.25, 0.3) is 0 Å². The summed E-state index contributed by atoms with van der Waals surface area (Å²) >= 11 is 11.0. The molecule has 0 saturated heterocycles. The van der Waals surface area contributed by atoms with Gasteiger partial charge in [0.15, 0.2) is 0 Å². The summed E-state index contributed by atoms with van der Waals surface area (Å²) in [4.78, 5) is 5.44. The molecule has 2 aromatic heterocycles. The van der Waals surface area contributed by atoms with E-state index >= 15 is 0 Å². The summed E-state index contributed by atoms with van der Waals surface area (Å²) in [6.45, 7) is 4.37. The van der Waals surface area contributed by atoms with Gasteiger partial charge in [-0.15, -0.1) is 22.7 Å². The van der Waals surface area contributed by atoms with Gasteiger partial charge in [0, 0.05) is 41.3 Å². The van der Waals surface area contributed by atoms with Crippen molar-refractivity contribution < 1.29 is 0 Å². The van der Waals surface area contributed by atoms with Crippen LogP contribution in [-0.4, -0.2) is 0 Å². The lowest BCUT2D eigenvalue weighted by Crippen LogP contribution is -1.89. The van der Waals surface area contributed by atoms with Crippen molar-refractivity contribution in [3.8, 4) is 20.9 Å². The molecule has 0 amide bonds. The number of thiophene rings is 2. The Labute approximate surface area is 226 Å². The summed E-state index contributed by atoms with van der Waals surface area (Å²) in [6, 6.07) is 31.1. The summed E-state index contributed by atoms with van der Waals surface area (Å²) in [5, 5.41) is 0.